The number of amides is 1. The van der Waals surface area contributed by atoms with Crippen molar-refractivity contribution < 1.29 is 9.18 Å². The van der Waals surface area contributed by atoms with Crippen molar-refractivity contribution in [3.8, 4) is 0 Å². The fraction of sp³-hybridized carbons (Fsp3) is 0.0588. The number of rotatable bonds is 5. The summed E-state index contributed by atoms with van der Waals surface area (Å²) >= 11 is 0. The molecule has 120 valence electrons. The third-order valence-electron chi connectivity index (χ3n) is 3.17. The second kappa shape index (κ2) is 7.28. The van der Waals surface area contributed by atoms with E-state index in [1.807, 2.05) is 6.07 Å². The van der Waals surface area contributed by atoms with Crippen LogP contribution in [0.4, 0.5) is 15.9 Å². The molecular weight excluding hydrogens is 309 g/mol. The second-order valence-corrected chi connectivity index (χ2v) is 4.97. The maximum absolute atomic E-state index is 13.2. The van der Waals surface area contributed by atoms with Crippen LogP contribution in [0.15, 0.2) is 61.2 Å². The molecule has 0 saturated carbocycles. The normalized spacial score (nSPS) is 10.2. The summed E-state index contributed by atoms with van der Waals surface area (Å²) < 4.78 is 13.2. The number of carbonyl (C=O) groups is 1. The molecule has 3 aromatic rings. The van der Waals surface area contributed by atoms with Gasteiger partial charge in [0.1, 0.15) is 23.7 Å². The Balaban J connectivity index is 1.67. The highest BCUT2D eigenvalue weighted by Crippen LogP contribution is 2.15. The number of benzene rings is 1. The lowest BCUT2D eigenvalue weighted by atomic mass is 10.2. The molecule has 0 radical (unpaired) electrons. The van der Waals surface area contributed by atoms with Gasteiger partial charge in [-0.2, -0.15) is 0 Å². The molecule has 0 saturated heterocycles. The van der Waals surface area contributed by atoms with E-state index in [4.69, 9.17) is 0 Å². The highest BCUT2D eigenvalue weighted by Gasteiger charge is 2.09. The van der Waals surface area contributed by atoms with E-state index in [9.17, 15) is 9.18 Å². The highest BCUT2D eigenvalue weighted by molar-refractivity contribution is 5.92. The Labute approximate surface area is 137 Å². The maximum atomic E-state index is 13.2. The Morgan fingerprint density at radius 2 is 2.04 bits per heavy atom. The molecule has 3 rings (SSSR count). The number of carbonyl (C=O) groups excluding carboxylic acids is 1. The average molecular weight is 323 g/mol. The van der Waals surface area contributed by atoms with Gasteiger partial charge in [0.05, 0.1) is 0 Å². The topological polar surface area (TPSA) is 79.8 Å². The molecule has 2 aromatic heterocycles. The van der Waals surface area contributed by atoms with Crippen LogP contribution < -0.4 is 10.6 Å². The molecular formula is C17H14FN5O. The number of hydrogen-bond donors (Lipinski definition) is 2. The summed E-state index contributed by atoms with van der Waals surface area (Å²) in [6.07, 6.45) is 4.62. The van der Waals surface area contributed by atoms with Gasteiger partial charge in [0.2, 0.25) is 0 Å². The van der Waals surface area contributed by atoms with Crippen molar-refractivity contribution in [3.05, 3.63) is 78.3 Å². The Hall–Kier alpha value is -3.35. The fourth-order valence-corrected chi connectivity index (χ4v) is 2.04. The minimum atomic E-state index is -0.358. The molecule has 0 atom stereocenters. The van der Waals surface area contributed by atoms with E-state index < -0.39 is 0 Å². The van der Waals surface area contributed by atoms with Crippen molar-refractivity contribution in [2.75, 3.05) is 5.32 Å². The minimum Gasteiger partial charge on any atom is -0.347 e. The van der Waals surface area contributed by atoms with Crippen molar-refractivity contribution in [2.24, 2.45) is 0 Å². The van der Waals surface area contributed by atoms with Gasteiger partial charge in [-0.25, -0.2) is 14.4 Å². The zero-order chi connectivity index (χ0) is 16.8. The first-order chi connectivity index (χ1) is 11.7. The van der Waals surface area contributed by atoms with Crippen LogP contribution in [0.2, 0.25) is 0 Å². The molecule has 0 bridgehead atoms. The predicted molar refractivity (Wildman–Crippen MR) is 87.1 cm³/mol. The molecule has 0 aliphatic carbocycles. The zero-order valence-electron chi connectivity index (χ0n) is 12.6. The van der Waals surface area contributed by atoms with E-state index >= 15 is 0 Å². The smallest absolute Gasteiger partial charge is 0.270 e. The van der Waals surface area contributed by atoms with Crippen LogP contribution in [0.25, 0.3) is 0 Å². The van der Waals surface area contributed by atoms with Crippen molar-refractivity contribution in [1.82, 2.24) is 20.3 Å². The lowest BCUT2D eigenvalue weighted by Gasteiger charge is -2.08. The maximum Gasteiger partial charge on any atom is 0.270 e. The van der Waals surface area contributed by atoms with E-state index in [0.29, 0.717) is 18.1 Å². The number of nitrogens with zero attached hydrogens (tertiary/aromatic N) is 3. The summed E-state index contributed by atoms with van der Waals surface area (Å²) in [5.41, 5.74) is 1.64. The van der Waals surface area contributed by atoms with Gasteiger partial charge in [-0.3, -0.25) is 9.78 Å². The van der Waals surface area contributed by atoms with Crippen LogP contribution in [0.3, 0.4) is 0 Å². The molecule has 2 N–H and O–H groups in total. The molecule has 0 aliphatic heterocycles. The molecule has 1 aromatic carbocycles. The summed E-state index contributed by atoms with van der Waals surface area (Å²) in [5, 5.41) is 5.69. The van der Waals surface area contributed by atoms with Crippen LogP contribution in [0.1, 0.15) is 16.1 Å². The van der Waals surface area contributed by atoms with Crippen molar-refractivity contribution >= 4 is 17.4 Å². The van der Waals surface area contributed by atoms with E-state index in [2.05, 4.69) is 25.6 Å². The van der Waals surface area contributed by atoms with E-state index in [-0.39, 0.29) is 17.4 Å². The summed E-state index contributed by atoms with van der Waals surface area (Å²) in [6.45, 7) is 0.351. The van der Waals surface area contributed by atoms with Crippen LogP contribution in [0.5, 0.6) is 0 Å². The standard InChI is InChI=1S/C17H14FN5O/c18-13-4-1-5-14(7-13)23-16-8-15(21-11-22-16)17(24)20-10-12-3-2-6-19-9-12/h1-9,11H,10H2,(H,20,24)(H,21,22,23). The van der Waals surface area contributed by atoms with Gasteiger partial charge in [0.15, 0.2) is 0 Å². The van der Waals surface area contributed by atoms with Gasteiger partial charge in [-0.1, -0.05) is 12.1 Å². The molecule has 1 amide bonds. The molecule has 0 aliphatic rings. The number of halogens is 1. The average Bonchev–Trinajstić information content (AvgIpc) is 2.61. The monoisotopic (exact) mass is 323 g/mol. The van der Waals surface area contributed by atoms with Crippen LogP contribution in [0, 0.1) is 5.82 Å². The summed E-state index contributed by atoms with van der Waals surface area (Å²) in [7, 11) is 0. The molecule has 7 heteroatoms. The van der Waals surface area contributed by atoms with Gasteiger partial charge in [0.25, 0.3) is 5.91 Å². The molecule has 0 unspecified atom stereocenters. The Morgan fingerprint density at radius 1 is 1.12 bits per heavy atom. The Kier molecular flexibility index (Phi) is 4.71. The first kappa shape index (κ1) is 15.5. The Morgan fingerprint density at radius 3 is 2.83 bits per heavy atom. The van der Waals surface area contributed by atoms with E-state index in [0.717, 1.165) is 5.56 Å². The summed E-state index contributed by atoms with van der Waals surface area (Å²) in [6, 6.07) is 11.1. The number of aromatic nitrogens is 3. The van der Waals surface area contributed by atoms with Gasteiger partial charge in [-0.05, 0) is 29.8 Å². The van der Waals surface area contributed by atoms with Gasteiger partial charge < -0.3 is 10.6 Å². The molecule has 24 heavy (non-hydrogen) atoms. The van der Waals surface area contributed by atoms with Crippen molar-refractivity contribution in [3.63, 3.8) is 0 Å². The quantitative estimate of drug-likeness (QED) is 0.754. The fourth-order valence-electron chi connectivity index (χ4n) is 2.04. The van der Waals surface area contributed by atoms with E-state index in [1.165, 1.54) is 24.5 Å². The van der Waals surface area contributed by atoms with Crippen LogP contribution in [-0.4, -0.2) is 20.9 Å². The number of nitrogens with one attached hydrogen (secondary N) is 2. The molecule has 2 heterocycles. The van der Waals surface area contributed by atoms with E-state index in [1.54, 1.807) is 30.6 Å². The summed E-state index contributed by atoms with van der Waals surface area (Å²) in [5.74, 6) is -0.283. The molecule has 6 nitrogen and oxygen atoms in total. The first-order valence-electron chi connectivity index (χ1n) is 7.22. The predicted octanol–water partition coefficient (Wildman–Crippen LogP) is 2.68. The van der Waals surface area contributed by atoms with Gasteiger partial charge >= 0.3 is 0 Å². The van der Waals surface area contributed by atoms with Crippen molar-refractivity contribution in [1.29, 1.82) is 0 Å². The third kappa shape index (κ3) is 4.10. The lowest BCUT2D eigenvalue weighted by molar-refractivity contribution is 0.0945. The number of hydrogen-bond acceptors (Lipinski definition) is 5. The molecule has 0 spiro atoms. The highest BCUT2D eigenvalue weighted by atomic mass is 19.1. The lowest BCUT2D eigenvalue weighted by Crippen LogP contribution is -2.24. The Bertz CT molecular complexity index is 841. The largest absolute Gasteiger partial charge is 0.347 e. The second-order valence-electron chi connectivity index (χ2n) is 4.97. The van der Waals surface area contributed by atoms with Crippen molar-refractivity contribution in [2.45, 2.75) is 6.54 Å². The molecule has 0 fully saturated rings. The third-order valence-corrected chi connectivity index (χ3v) is 3.17. The van der Waals surface area contributed by atoms with Crippen LogP contribution in [-0.2, 0) is 6.54 Å². The first-order valence-corrected chi connectivity index (χ1v) is 7.22. The number of anilines is 2. The van der Waals surface area contributed by atoms with Gasteiger partial charge in [0, 0.05) is 30.7 Å². The van der Waals surface area contributed by atoms with Crippen LogP contribution >= 0.6 is 0 Å². The number of pyridine rings is 1. The van der Waals surface area contributed by atoms with Gasteiger partial charge in [-0.15, -0.1) is 0 Å². The summed E-state index contributed by atoms with van der Waals surface area (Å²) in [4.78, 5) is 24.1. The SMILES string of the molecule is O=C(NCc1cccnc1)c1cc(Nc2cccc(F)c2)ncn1. The minimum absolute atomic E-state index is 0.216. The zero-order valence-corrected chi connectivity index (χ0v) is 12.6.